The molecule has 4 rings (SSSR count). The molecule has 1 aliphatic heterocycles. The van der Waals surface area contributed by atoms with Crippen molar-refractivity contribution in [1.82, 2.24) is 9.73 Å². The maximum absolute atomic E-state index is 13.0. The van der Waals surface area contributed by atoms with E-state index in [1.807, 2.05) is 60.7 Å². The Hall–Kier alpha value is -3.62. The second-order valence-electron chi connectivity index (χ2n) is 8.43. The zero-order valence-electron chi connectivity index (χ0n) is 19.4. The summed E-state index contributed by atoms with van der Waals surface area (Å²) in [5, 5.41) is 4.43. The molecular formula is C27H27N3O4S. The number of piperidine rings is 1. The molecule has 0 unspecified atom stereocenters. The van der Waals surface area contributed by atoms with Crippen LogP contribution in [0, 0.1) is 5.92 Å². The van der Waals surface area contributed by atoms with Crippen molar-refractivity contribution in [3.8, 4) is 0 Å². The normalized spacial score (nSPS) is 14.8. The summed E-state index contributed by atoms with van der Waals surface area (Å²) in [6.45, 7) is 1.91. The number of benzene rings is 3. The molecule has 3 aromatic rings. The van der Waals surface area contributed by atoms with E-state index in [9.17, 15) is 18.0 Å². The molecule has 1 saturated heterocycles. The lowest BCUT2D eigenvalue weighted by molar-refractivity contribution is -0.126. The van der Waals surface area contributed by atoms with E-state index in [1.165, 1.54) is 35.5 Å². The first-order valence-electron chi connectivity index (χ1n) is 11.5. The largest absolute Gasteiger partial charge is 0.295 e. The molecule has 0 bridgehead atoms. The van der Waals surface area contributed by atoms with E-state index >= 15 is 0 Å². The van der Waals surface area contributed by atoms with Crippen molar-refractivity contribution >= 4 is 27.4 Å². The average Bonchev–Trinajstić information content (AvgIpc) is 2.90. The molecular weight excluding hydrogens is 462 g/mol. The summed E-state index contributed by atoms with van der Waals surface area (Å²) in [5.74, 6) is -0.679. The number of carbonyl (C=O) groups excluding carboxylic acids is 2. The van der Waals surface area contributed by atoms with Gasteiger partial charge in [-0.25, -0.2) is 13.8 Å². The lowest BCUT2D eigenvalue weighted by atomic mass is 9.97. The minimum atomic E-state index is -3.69. The number of Topliss-reactive ketones (excluding diaryl/α,β-unsaturated/α-hetero) is 1. The number of nitrogens with zero attached hydrogens (tertiary/aromatic N) is 2. The smallest absolute Gasteiger partial charge is 0.243 e. The fraction of sp³-hybridized carbons (Fsp3) is 0.222. The van der Waals surface area contributed by atoms with Gasteiger partial charge in [0.2, 0.25) is 15.9 Å². The molecule has 0 saturated carbocycles. The molecule has 0 radical (unpaired) electrons. The van der Waals surface area contributed by atoms with Gasteiger partial charge in [-0.1, -0.05) is 72.8 Å². The number of ketones is 1. The number of hydrogen-bond donors (Lipinski definition) is 1. The van der Waals surface area contributed by atoms with Crippen molar-refractivity contribution in [2.75, 3.05) is 13.1 Å². The van der Waals surface area contributed by atoms with E-state index < -0.39 is 10.0 Å². The van der Waals surface area contributed by atoms with Crippen LogP contribution in [0.1, 0.15) is 41.3 Å². The van der Waals surface area contributed by atoms with E-state index in [2.05, 4.69) is 10.5 Å². The summed E-state index contributed by atoms with van der Waals surface area (Å²) < 4.78 is 27.4. The van der Waals surface area contributed by atoms with Gasteiger partial charge in [0.15, 0.2) is 5.78 Å². The van der Waals surface area contributed by atoms with Gasteiger partial charge in [0.1, 0.15) is 0 Å². The van der Waals surface area contributed by atoms with E-state index in [0.29, 0.717) is 24.1 Å². The van der Waals surface area contributed by atoms with E-state index in [0.717, 1.165) is 11.1 Å². The first-order valence-corrected chi connectivity index (χ1v) is 12.9. The van der Waals surface area contributed by atoms with Crippen molar-refractivity contribution in [1.29, 1.82) is 0 Å². The predicted octanol–water partition coefficient (Wildman–Crippen LogP) is 3.86. The Morgan fingerprint density at radius 3 is 1.80 bits per heavy atom. The van der Waals surface area contributed by atoms with Gasteiger partial charge >= 0.3 is 0 Å². The first-order chi connectivity index (χ1) is 16.9. The van der Waals surface area contributed by atoms with Gasteiger partial charge < -0.3 is 0 Å². The number of carbonyl (C=O) groups is 2. The highest BCUT2D eigenvalue weighted by Gasteiger charge is 2.32. The van der Waals surface area contributed by atoms with Gasteiger partial charge in [-0.15, -0.1) is 0 Å². The summed E-state index contributed by atoms with van der Waals surface area (Å²) in [7, 11) is -3.69. The van der Waals surface area contributed by atoms with E-state index in [1.54, 1.807) is 0 Å². The maximum Gasteiger partial charge on any atom is 0.243 e. The number of hydrazone groups is 1. The highest BCUT2D eigenvalue weighted by atomic mass is 32.2. The van der Waals surface area contributed by atoms with Crippen LogP contribution >= 0.6 is 0 Å². The van der Waals surface area contributed by atoms with Crippen LogP contribution in [0.25, 0.3) is 0 Å². The number of hydrogen-bond acceptors (Lipinski definition) is 5. The number of amides is 1. The van der Waals surface area contributed by atoms with Crippen LogP contribution in [0.2, 0.25) is 0 Å². The van der Waals surface area contributed by atoms with Gasteiger partial charge in [-0.2, -0.15) is 9.41 Å². The lowest BCUT2D eigenvalue weighted by Crippen LogP contribution is -2.42. The van der Waals surface area contributed by atoms with Gasteiger partial charge in [-0.3, -0.25) is 9.59 Å². The minimum Gasteiger partial charge on any atom is -0.295 e. The first kappa shape index (κ1) is 24.5. The highest BCUT2D eigenvalue weighted by Crippen LogP contribution is 2.24. The molecule has 0 aliphatic carbocycles. The van der Waals surface area contributed by atoms with Crippen molar-refractivity contribution < 1.29 is 18.0 Å². The summed E-state index contributed by atoms with van der Waals surface area (Å²) in [5.41, 5.74) is 5.59. The van der Waals surface area contributed by atoms with Crippen LogP contribution in [-0.2, 0) is 14.8 Å². The van der Waals surface area contributed by atoms with Gasteiger partial charge in [0.05, 0.1) is 10.6 Å². The summed E-state index contributed by atoms with van der Waals surface area (Å²) in [6, 6.07) is 25.2. The Balaban J connectivity index is 1.42. The monoisotopic (exact) mass is 489 g/mol. The third-order valence-corrected chi connectivity index (χ3v) is 8.01. The SMILES string of the molecule is CC(=O)c1ccc(S(=O)(=O)N2CCC(C(=O)NN=C(c3ccccc3)c3ccccc3)CC2)cc1. The second kappa shape index (κ2) is 10.8. The van der Waals surface area contributed by atoms with Gasteiger partial charge in [-0.05, 0) is 31.9 Å². The zero-order chi connectivity index (χ0) is 24.8. The van der Waals surface area contributed by atoms with Crippen molar-refractivity contribution in [2.45, 2.75) is 24.7 Å². The molecule has 0 atom stereocenters. The fourth-order valence-electron chi connectivity index (χ4n) is 4.06. The highest BCUT2D eigenvalue weighted by molar-refractivity contribution is 7.89. The summed E-state index contributed by atoms with van der Waals surface area (Å²) in [4.78, 5) is 24.5. The van der Waals surface area contributed by atoms with Crippen molar-refractivity contribution in [3.63, 3.8) is 0 Å². The van der Waals surface area contributed by atoms with Crippen LogP contribution in [-0.4, -0.2) is 43.2 Å². The molecule has 7 nitrogen and oxygen atoms in total. The van der Waals surface area contributed by atoms with Crippen LogP contribution in [0.15, 0.2) is 94.9 Å². The predicted molar refractivity (Wildman–Crippen MR) is 135 cm³/mol. The third kappa shape index (κ3) is 5.72. The standard InChI is InChI=1S/C27H27N3O4S/c1-20(31)21-12-14-25(15-13-21)35(33,34)30-18-16-24(17-19-30)27(32)29-28-26(22-8-4-2-5-9-22)23-10-6-3-7-11-23/h2-15,24H,16-19H2,1H3,(H,29,32). The average molecular weight is 490 g/mol. The molecule has 180 valence electrons. The molecule has 1 amide bonds. The number of rotatable bonds is 7. The number of nitrogens with one attached hydrogen (secondary N) is 1. The van der Waals surface area contributed by atoms with E-state index in [-0.39, 0.29) is 35.6 Å². The van der Waals surface area contributed by atoms with E-state index in [4.69, 9.17) is 0 Å². The molecule has 0 aromatic heterocycles. The van der Waals surface area contributed by atoms with Crippen LogP contribution < -0.4 is 5.43 Å². The molecule has 1 fully saturated rings. The van der Waals surface area contributed by atoms with Crippen molar-refractivity contribution in [2.24, 2.45) is 11.0 Å². The maximum atomic E-state index is 13.0. The summed E-state index contributed by atoms with van der Waals surface area (Å²) in [6.07, 6.45) is 0.802. The topological polar surface area (TPSA) is 95.9 Å². The van der Waals surface area contributed by atoms with Crippen LogP contribution in [0.4, 0.5) is 0 Å². The second-order valence-corrected chi connectivity index (χ2v) is 10.4. The van der Waals surface area contributed by atoms with Crippen LogP contribution in [0.3, 0.4) is 0 Å². The quantitative estimate of drug-likeness (QED) is 0.310. The Kier molecular flexibility index (Phi) is 7.53. The molecule has 0 spiro atoms. The molecule has 1 N–H and O–H groups in total. The summed E-state index contributed by atoms with van der Waals surface area (Å²) >= 11 is 0. The Labute approximate surface area is 205 Å². The Morgan fingerprint density at radius 1 is 0.800 bits per heavy atom. The van der Waals surface area contributed by atoms with Crippen LogP contribution in [0.5, 0.6) is 0 Å². The lowest BCUT2D eigenvalue weighted by Gasteiger charge is -2.30. The molecule has 1 aliphatic rings. The molecule has 3 aromatic carbocycles. The minimum absolute atomic E-state index is 0.119. The molecule has 35 heavy (non-hydrogen) atoms. The molecule has 8 heteroatoms. The van der Waals surface area contributed by atoms with Gasteiger partial charge in [0.25, 0.3) is 0 Å². The number of sulfonamides is 1. The Bertz CT molecular complexity index is 1270. The molecule has 1 heterocycles. The fourth-order valence-corrected chi connectivity index (χ4v) is 5.53. The van der Waals surface area contributed by atoms with Gasteiger partial charge in [0, 0.05) is 35.7 Å². The third-order valence-electron chi connectivity index (χ3n) is 6.10. The van der Waals surface area contributed by atoms with Crippen molar-refractivity contribution in [3.05, 3.63) is 102 Å². The Morgan fingerprint density at radius 2 is 1.31 bits per heavy atom. The zero-order valence-corrected chi connectivity index (χ0v) is 20.2.